The first kappa shape index (κ1) is 58.6. The first-order chi connectivity index (χ1) is 30.5. The van der Waals surface area contributed by atoms with Gasteiger partial charge in [0.15, 0.2) is 6.10 Å². The predicted octanol–water partition coefficient (Wildman–Crippen LogP) is 16.8. The Morgan fingerprint density at radius 2 is 0.694 bits per heavy atom. The molecule has 6 nitrogen and oxygen atoms in total. The van der Waals surface area contributed by atoms with Gasteiger partial charge in [0, 0.05) is 19.3 Å². The van der Waals surface area contributed by atoms with Crippen LogP contribution in [0.5, 0.6) is 0 Å². The van der Waals surface area contributed by atoms with E-state index in [1.54, 1.807) is 0 Å². The van der Waals surface area contributed by atoms with Crippen molar-refractivity contribution in [3.63, 3.8) is 0 Å². The van der Waals surface area contributed by atoms with Crippen molar-refractivity contribution in [2.45, 2.75) is 239 Å². The second-order valence-electron chi connectivity index (χ2n) is 16.7. The molecular weight excluding hydrogens is 769 g/mol. The molecule has 0 spiro atoms. The number of carbonyl (C=O) groups is 3. The van der Waals surface area contributed by atoms with Gasteiger partial charge in [-0.05, 0) is 96.3 Å². The molecule has 0 N–H and O–H groups in total. The molecule has 0 saturated carbocycles. The normalized spacial score (nSPS) is 12.8. The average Bonchev–Trinajstić information content (AvgIpc) is 3.27. The number of hydrogen-bond acceptors (Lipinski definition) is 6. The fourth-order valence-electron chi connectivity index (χ4n) is 6.85. The van der Waals surface area contributed by atoms with Gasteiger partial charge in [-0.1, -0.05) is 202 Å². The summed E-state index contributed by atoms with van der Waals surface area (Å²) in [4.78, 5) is 37.9. The summed E-state index contributed by atoms with van der Waals surface area (Å²) in [5, 5.41) is 0. The summed E-state index contributed by atoms with van der Waals surface area (Å²) in [6, 6.07) is 0. The van der Waals surface area contributed by atoms with Crippen molar-refractivity contribution in [1.82, 2.24) is 0 Å². The standard InChI is InChI=1S/C56H94O6/c1-4-7-10-13-16-19-22-24-26-27-28-29-30-32-34-37-40-43-46-49-55(58)61-52-53(51-60-54(57)48-45-42-39-36-33-21-18-15-12-9-6-3)62-56(59)50-47-44-41-38-35-31-25-23-20-17-14-11-8-5-2/h8-9,11-12,16-22,24,36,39,53H,4-7,10,13-15,23,25-35,37-38,40-52H2,1-3H3/b11-8-,12-9-,19-16-,20-17-,21-18-,24-22-,39-36-. The van der Waals surface area contributed by atoms with E-state index in [0.717, 1.165) is 83.5 Å². The van der Waals surface area contributed by atoms with Crippen LogP contribution in [0.3, 0.4) is 0 Å². The van der Waals surface area contributed by atoms with Gasteiger partial charge in [-0.25, -0.2) is 0 Å². The highest BCUT2D eigenvalue weighted by atomic mass is 16.6. The van der Waals surface area contributed by atoms with Crippen molar-refractivity contribution >= 4 is 17.9 Å². The number of hydrogen-bond donors (Lipinski definition) is 0. The van der Waals surface area contributed by atoms with Crippen LogP contribution in [0.25, 0.3) is 0 Å². The van der Waals surface area contributed by atoms with E-state index in [1.165, 1.54) is 103 Å². The van der Waals surface area contributed by atoms with Gasteiger partial charge in [-0.15, -0.1) is 0 Å². The summed E-state index contributed by atoms with van der Waals surface area (Å²) >= 11 is 0. The van der Waals surface area contributed by atoms with E-state index in [1.807, 2.05) is 0 Å². The molecule has 0 amide bonds. The molecule has 6 heteroatoms. The minimum atomic E-state index is -0.801. The van der Waals surface area contributed by atoms with Crippen molar-refractivity contribution in [2.75, 3.05) is 13.2 Å². The number of ether oxygens (including phenoxy) is 3. The van der Waals surface area contributed by atoms with E-state index in [9.17, 15) is 14.4 Å². The van der Waals surface area contributed by atoms with Gasteiger partial charge in [0.1, 0.15) is 13.2 Å². The van der Waals surface area contributed by atoms with E-state index in [-0.39, 0.29) is 37.5 Å². The summed E-state index contributed by atoms with van der Waals surface area (Å²) in [6.45, 7) is 6.33. The monoisotopic (exact) mass is 863 g/mol. The Hall–Kier alpha value is -3.41. The lowest BCUT2D eigenvalue weighted by atomic mass is 10.1. The van der Waals surface area contributed by atoms with E-state index in [0.29, 0.717) is 19.3 Å². The zero-order chi connectivity index (χ0) is 45.1. The smallest absolute Gasteiger partial charge is 0.306 e. The predicted molar refractivity (Wildman–Crippen MR) is 265 cm³/mol. The number of esters is 3. The maximum atomic E-state index is 12.8. The highest BCUT2D eigenvalue weighted by Crippen LogP contribution is 2.14. The van der Waals surface area contributed by atoms with E-state index >= 15 is 0 Å². The lowest BCUT2D eigenvalue weighted by molar-refractivity contribution is -0.167. The van der Waals surface area contributed by atoms with Gasteiger partial charge in [-0.2, -0.15) is 0 Å². The van der Waals surface area contributed by atoms with Crippen LogP contribution in [0.2, 0.25) is 0 Å². The fourth-order valence-corrected chi connectivity index (χ4v) is 6.85. The fraction of sp³-hybridized carbons (Fsp3) is 0.696. The molecule has 0 aromatic heterocycles. The SMILES string of the molecule is CC/C=C\C/C=C\C/C=C\CCCC(=O)OCC(COC(=O)CCCCCCCCCCCC/C=C\C=C/CCCCC)OC(=O)CCCCCCCCC/C=C\C/C=C\CC. The molecule has 0 aromatic rings. The Kier molecular flexibility index (Phi) is 47.5. The molecule has 0 fully saturated rings. The molecule has 0 aromatic carbocycles. The van der Waals surface area contributed by atoms with Gasteiger partial charge in [0.05, 0.1) is 0 Å². The van der Waals surface area contributed by atoms with Crippen LogP contribution in [0.15, 0.2) is 85.1 Å². The second-order valence-corrected chi connectivity index (χ2v) is 16.7. The van der Waals surface area contributed by atoms with Crippen molar-refractivity contribution in [2.24, 2.45) is 0 Å². The molecule has 0 aliphatic carbocycles. The van der Waals surface area contributed by atoms with E-state index < -0.39 is 6.10 Å². The van der Waals surface area contributed by atoms with Crippen LogP contribution in [0, 0.1) is 0 Å². The quantitative estimate of drug-likeness (QED) is 0.0199. The van der Waals surface area contributed by atoms with Crippen molar-refractivity contribution in [3.8, 4) is 0 Å². The number of carbonyl (C=O) groups excluding carboxylic acids is 3. The average molecular weight is 863 g/mol. The van der Waals surface area contributed by atoms with Crippen molar-refractivity contribution in [1.29, 1.82) is 0 Å². The van der Waals surface area contributed by atoms with E-state index in [2.05, 4.69) is 106 Å². The third kappa shape index (κ3) is 47.6. The van der Waals surface area contributed by atoms with Gasteiger partial charge in [0.25, 0.3) is 0 Å². The first-order valence-corrected chi connectivity index (χ1v) is 25.6. The molecule has 0 radical (unpaired) electrons. The Morgan fingerprint density at radius 3 is 1.15 bits per heavy atom. The third-order valence-electron chi connectivity index (χ3n) is 10.6. The molecule has 0 rings (SSSR count). The lowest BCUT2D eigenvalue weighted by Crippen LogP contribution is -2.30. The molecular formula is C56H94O6. The molecule has 1 atom stereocenters. The van der Waals surface area contributed by atoms with Gasteiger partial charge in [0.2, 0.25) is 0 Å². The summed E-state index contributed by atoms with van der Waals surface area (Å²) in [5.41, 5.74) is 0. The van der Waals surface area contributed by atoms with Gasteiger partial charge >= 0.3 is 17.9 Å². The maximum absolute atomic E-state index is 12.8. The molecule has 0 heterocycles. The zero-order valence-electron chi connectivity index (χ0n) is 40.4. The first-order valence-electron chi connectivity index (χ1n) is 25.6. The number of unbranched alkanes of at least 4 members (excludes halogenated alkanes) is 21. The second kappa shape index (κ2) is 50.2. The molecule has 354 valence electrons. The minimum Gasteiger partial charge on any atom is -0.462 e. The van der Waals surface area contributed by atoms with Crippen LogP contribution in [-0.4, -0.2) is 37.2 Å². The Labute approximate surface area is 382 Å². The van der Waals surface area contributed by atoms with Gasteiger partial charge < -0.3 is 14.2 Å². The van der Waals surface area contributed by atoms with Crippen LogP contribution < -0.4 is 0 Å². The lowest BCUT2D eigenvalue weighted by Gasteiger charge is -2.18. The highest BCUT2D eigenvalue weighted by Gasteiger charge is 2.19. The molecule has 0 saturated heterocycles. The summed E-state index contributed by atoms with van der Waals surface area (Å²) < 4.78 is 16.7. The Bertz CT molecular complexity index is 1220. The largest absolute Gasteiger partial charge is 0.462 e. The summed E-state index contributed by atoms with van der Waals surface area (Å²) in [7, 11) is 0. The molecule has 0 aliphatic heterocycles. The van der Waals surface area contributed by atoms with Crippen molar-refractivity contribution in [3.05, 3.63) is 85.1 Å². The summed E-state index contributed by atoms with van der Waals surface area (Å²) in [5.74, 6) is -0.968. The Morgan fingerprint density at radius 1 is 0.355 bits per heavy atom. The van der Waals surface area contributed by atoms with Crippen LogP contribution in [0.4, 0.5) is 0 Å². The number of rotatable bonds is 45. The topological polar surface area (TPSA) is 78.9 Å². The Balaban J connectivity index is 4.39. The van der Waals surface area contributed by atoms with Crippen LogP contribution in [-0.2, 0) is 28.6 Å². The zero-order valence-corrected chi connectivity index (χ0v) is 40.4. The number of allylic oxidation sites excluding steroid dienone is 14. The third-order valence-corrected chi connectivity index (χ3v) is 10.6. The molecule has 1 unspecified atom stereocenters. The van der Waals surface area contributed by atoms with Crippen molar-refractivity contribution < 1.29 is 28.6 Å². The molecule has 0 bridgehead atoms. The van der Waals surface area contributed by atoms with Gasteiger partial charge in [-0.3, -0.25) is 14.4 Å². The highest BCUT2D eigenvalue weighted by molar-refractivity contribution is 5.71. The molecule has 0 aliphatic rings. The van der Waals surface area contributed by atoms with E-state index in [4.69, 9.17) is 14.2 Å². The van der Waals surface area contributed by atoms with Crippen LogP contribution >= 0.6 is 0 Å². The molecule has 62 heavy (non-hydrogen) atoms. The minimum absolute atomic E-state index is 0.0978. The maximum Gasteiger partial charge on any atom is 0.306 e. The van der Waals surface area contributed by atoms with Crippen LogP contribution in [0.1, 0.15) is 233 Å². The summed E-state index contributed by atoms with van der Waals surface area (Å²) in [6.07, 6.45) is 64.4.